The molecule has 0 spiro atoms. The van der Waals surface area contributed by atoms with Crippen LogP contribution in [-0.4, -0.2) is 10.8 Å². The van der Waals surface area contributed by atoms with Crippen molar-refractivity contribution in [3.05, 3.63) is 71.8 Å². The number of hydrogen-bond donors (Lipinski definition) is 1. The molecule has 0 aliphatic rings. The van der Waals surface area contributed by atoms with Gasteiger partial charge in [0.15, 0.2) is 0 Å². The second-order valence-corrected chi connectivity index (χ2v) is 4.68. The maximum atomic E-state index is 10.1. The lowest BCUT2D eigenvalue weighted by Gasteiger charge is -2.10. The van der Waals surface area contributed by atoms with E-state index >= 15 is 0 Å². The van der Waals surface area contributed by atoms with Crippen molar-refractivity contribution in [3.63, 3.8) is 0 Å². The highest BCUT2D eigenvalue weighted by Crippen LogP contribution is 2.20. The van der Waals surface area contributed by atoms with Crippen LogP contribution in [0.1, 0.15) is 18.6 Å². The molecule has 0 heterocycles. The third kappa shape index (κ3) is 3.91. The lowest BCUT2D eigenvalue weighted by atomic mass is 10.1. The van der Waals surface area contributed by atoms with Crippen LogP contribution in [0, 0.1) is 0 Å². The zero-order valence-electron chi connectivity index (χ0n) is 10.5. The molecule has 88 valence electrons. The molecule has 1 unspecified atom stereocenters. The Hall–Kier alpha value is -1.25. The first kappa shape index (κ1) is 10.9. The molecule has 0 amide bonds. The van der Waals surface area contributed by atoms with E-state index in [1.54, 1.807) is 0 Å². The van der Waals surface area contributed by atoms with Crippen LogP contribution < -0.4 is 0 Å². The van der Waals surface area contributed by atoms with E-state index in [1.165, 1.54) is 17.3 Å². The highest BCUT2D eigenvalue weighted by Gasteiger charge is 2.06. The van der Waals surface area contributed by atoms with E-state index in [9.17, 15) is 5.11 Å². The molecule has 2 heteroatoms. The second kappa shape index (κ2) is 6.48. The van der Waals surface area contributed by atoms with Crippen LogP contribution in [0.2, 0.25) is 0 Å². The first-order valence-electron chi connectivity index (χ1n) is 6.16. The molecule has 0 aliphatic heterocycles. The molecule has 2 rings (SSSR count). The van der Waals surface area contributed by atoms with E-state index < -0.39 is 11.8 Å². The highest BCUT2D eigenvalue weighted by atomic mass is 32.2. The molecule has 0 bridgehead atoms. The van der Waals surface area contributed by atoms with E-state index in [4.69, 9.17) is 1.37 Å². The van der Waals surface area contributed by atoms with Gasteiger partial charge in [0.2, 0.25) is 0 Å². The van der Waals surface area contributed by atoms with Crippen LogP contribution in [0.4, 0.5) is 0 Å². The zero-order chi connectivity index (χ0) is 12.8. The predicted molar refractivity (Wildman–Crippen MR) is 74.0 cm³/mol. The van der Waals surface area contributed by atoms with E-state index in [-0.39, 0.29) is 0 Å². The summed E-state index contributed by atoms with van der Waals surface area (Å²) in [6, 6.07) is 19.4. The standard InChI is InChI=1S/C15H16OS/c16-15(14-9-5-2-6-10-14)12-17-11-13-7-3-1-4-8-13/h1-10,15-16H,11-12H2/i12D/t12-,15?/m0/s1. The van der Waals surface area contributed by atoms with Gasteiger partial charge in [-0.2, -0.15) is 11.8 Å². The number of benzene rings is 2. The van der Waals surface area contributed by atoms with Gasteiger partial charge in [0.25, 0.3) is 0 Å². The largest absolute Gasteiger partial charge is 0.388 e. The summed E-state index contributed by atoms with van der Waals surface area (Å²) in [6.07, 6.45) is -0.736. The van der Waals surface area contributed by atoms with Crippen LogP contribution in [0.3, 0.4) is 0 Å². The van der Waals surface area contributed by atoms with Gasteiger partial charge in [-0.3, -0.25) is 0 Å². The summed E-state index contributed by atoms with van der Waals surface area (Å²) >= 11 is 1.45. The number of hydrogen-bond acceptors (Lipinski definition) is 2. The molecule has 2 aromatic carbocycles. The maximum Gasteiger partial charge on any atom is 0.0880 e. The minimum absolute atomic E-state index is 0.562. The average molecular weight is 245 g/mol. The van der Waals surface area contributed by atoms with E-state index in [1.807, 2.05) is 60.7 Å². The van der Waals surface area contributed by atoms with Crippen molar-refractivity contribution in [2.24, 2.45) is 0 Å². The Balaban J connectivity index is 1.90. The molecule has 0 saturated heterocycles. The molecule has 1 N–H and O–H groups in total. The van der Waals surface area contributed by atoms with Gasteiger partial charge in [-0.15, -0.1) is 0 Å². The van der Waals surface area contributed by atoms with Crippen molar-refractivity contribution >= 4 is 11.8 Å². The van der Waals surface area contributed by atoms with Crippen LogP contribution in [-0.2, 0) is 5.75 Å². The van der Waals surface area contributed by atoms with Crippen molar-refractivity contribution in [2.75, 3.05) is 5.73 Å². The fourth-order valence-electron chi connectivity index (χ4n) is 1.54. The van der Waals surface area contributed by atoms with Gasteiger partial charge in [0.05, 0.1) is 6.10 Å². The third-order valence-electron chi connectivity index (χ3n) is 2.46. The molecule has 0 aromatic heterocycles. The number of aliphatic hydroxyl groups is 1. The zero-order valence-corrected chi connectivity index (χ0v) is 10.3. The van der Waals surface area contributed by atoms with Crippen molar-refractivity contribution in [2.45, 2.75) is 11.9 Å². The van der Waals surface area contributed by atoms with Crippen molar-refractivity contribution < 1.29 is 6.48 Å². The maximum absolute atomic E-state index is 10.1. The molecular formula is C15H16OS. The third-order valence-corrected chi connectivity index (χ3v) is 3.41. The Kier molecular flexibility index (Phi) is 4.14. The van der Waals surface area contributed by atoms with Crippen molar-refractivity contribution in [3.8, 4) is 0 Å². The minimum Gasteiger partial charge on any atom is -0.388 e. The molecule has 2 atom stereocenters. The van der Waals surface area contributed by atoms with Gasteiger partial charge in [-0.1, -0.05) is 60.7 Å². The topological polar surface area (TPSA) is 20.2 Å². The Bertz CT molecular complexity index is 460. The summed E-state index contributed by atoms with van der Waals surface area (Å²) in [6.45, 7) is 0. The van der Waals surface area contributed by atoms with Gasteiger partial charge < -0.3 is 5.11 Å². The Morgan fingerprint density at radius 2 is 1.59 bits per heavy atom. The summed E-state index contributed by atoms with van der Waals surface area (Å²) < 4.78 is 7.98. The second-order valence-electron chi connectivity index (χ2n) is 3.79. The van der Waals surface area contributed by atoms with Gasteiger partial charge in [0, 0.05) is 12.9 Å². The quantitative estimate of drug-likeness (QED) is 0.867. The van der Waals surface area contributed by atoms with E-state index in [0.29, 0.717) is 0 Å². The molecular weight excluding hydrogens is 228 g/mol. The SMILES string of the molecule is [2H][C@H](SCc1ccccc1)C(O)c1ccccc1. The van der Waals surface area contributed by atoms with Gasteiger partial charge in [0.1, 0.15) is 0 Å². The van der Waals surface area contributed by atoms with Gasteiger partial charge in [-0.25, -0.2) is 0 Å². The number of rotatable bonds is 5. The molecule has 2 aromatic rings. The van der Waals surface area contributed by atoms with Crippen LogP contribution in [0.25, 0.3) is 0 Å². The summed E-state index contributed by atoms with van der Waals surface area (Å²) in [5, 5.41) is 10.1. The minimum atomic E-state index is -0.736. The molecule has 0 aliphatic carbocycles. The average Bonchev–Trinajstić information content (AvgIpc) is 2.46. The normalized spacial score (nSPS) is 15.0. The Morgan fingerprint density at radius 1 is 1.00 bits per heavy atom. The van der Waals surface area contributed by atoms with Crippen LogP contribution in [0.5, 0.6) is 0 Å². The number of thioether (sulfide) groups is 1. The van der Waals surface area contributed by atoms with Crippen molar-refractivity contribution in [1.82, 2.24) is 0 Å². The summed E-state index contributed by atoms with van der Waals surface area (Å²) in [4.78, 5) is 0. The van der Waals surface area contributed by atoms with E-state index in [2.05, 4.69) is 0 Å². The molecule has 0 saturated carbocycles. The summed E-state index contributed by atoms with van der Waals surface area (Å²) in [5.74, 6) is 0.749. The summed E-state index contributed by atoms with van der Waals surface area (Å²) in [7, 11) is 0. The fourth-order valence-corrected chi connectivity index (χ4v) is 2.36. The molecule has 0 radical (unpaired) electrons. The molecule has 1 nitrogen and oxygen atoms in total. The van der Waals surface area contributed by atoms with Crippen molar-refractivity contribution in [1.29, 1.82) is 0 Å². The first-order chi connectivity index (χ1) is 8.77. The predicted octanol–water partition coefficient (Wildman–Crippen LogP) is 3.65. The van der Waals surface area contributed by atoms with Gasteiger partial charge >= 0.3 is 0 Å². The highest BCUT2D eigenvalue weighted by molar-refractivity contribution is 7.98. The molecule has 17 heavy (non-hydrogen) atoms. The Morgan fingerprint density at radius 3 is 2.24 bits per heavy atom. The fraction of sp³-hybridized carbons (Fsp3) is 0.200. The monoisotopic (exact) mass is 245 g/mol. The lowest BCUT2D eigenvalue weighted by Crippen LogP contribution is -2.00. The van der Waals surface area contributed by atoms with Crippen LogP contribution >= 0.6 is 11.8 Å². The van der Waals surface area contributed by atoms with Gasteiger partial charge in [-0.05, 0) is 11.1 Å². The smallest absolute Gasteiger partial charge is 0.0880 e. The van der Waals surface area contributed by atoms with Crippen LogP contribution in [0.15, 0.2) is 60.7 Å². The first-order valence-corrected chi connectivity index (χ1v) is 6.63. The number of aliphatic hydroxyl groups excluding tert-OH is 1. The Labute approximate surface area is 108 Å². The van der Waals surface area contributed by atoms with E-state index in [0.717, 1.165) is 11.3 Å². The molecule has 0 fully saturated rings. The summed E-state index contributed by atoms with van der Waals surface area (Å²) in [5.41, 5.74) is 1.42. The lowest BCUT2D eigenvalue weighted by molar-refractivity contribution is 0.204.